The molecule has 26 heavy (non-hydrogen) atoms. The first-order valence-corrected chi connectivity index (χ1v) is 7.72. The highest BCUT2D eigenvalue weighted by atomic mass is 19.4. The van der Waals surface area contributed by atoms with Crippen molar-refractivity contribution in [2.75, 3.05) is 35.7 Å². The minimum Gasteiger partial charge on any atom is -0.497 e. The molecule has 0 saturated heterocycles. The maximum atomic E-state index is 12.5. The number of amides is 2. The van der Waals surface area contributed by atoms with Crippen LogP contribution in [0.4, 0.5) is 35.0 Å². The number of alkyl halides is 3. The van der Waals surface area contributed by atoms with E-state index in [0.29, 0.717) is 30.2 Å². The van der Waals surface area contributed by atoms with Crippen molar-refractivity contribution >= 4 is 23.1 Å². The number of nitrogens with one attached hydrogen (secondary N) is 2. The maximum absolute atomic E-state index is 12.5. The van der Waals surface area contributed by atoms with Crippen molar-refractivity contribution in [3.05, 3.63) is 42.5 Å². The van der Waals surface area contributed by atoms with Crippen molar-refractivity contribution in [2.24, 2.45) is 0 Å². The lowest BCUT2D eigenvalue weighted by Gasteiger charge is -2.30. The van der Waals surface area contributed by atoms with Crippen molar-refractivity contribution in [1.29, 1.82) is 0 Å². The second kappa shape index (κ2) is 7.03. The monoisotopic (exact) mass is 367 g/mol. The maximum Gasteiger partial charge on any atom is 0.573 e. The second-order valence-electron chi connectivity index (χ2n) is 5.46. The minimum absolute atomic E-state index is 0.352. The normalized spacial score (nSPS) is 13.5. The van der Waals surface area contributed by atoms with E-state index in [0.717, 1.165) is 17.8 Å². The van der Waals surface area contributed by atoms with E-state index in [1.54, 1.807) is 30.2 Å². The van der Waals surface area contributed by atoms with Crippen LogP contribution in [0.3, 0.4) is 0 Å². The molecular weight excluding hydrogens is 351 g/mol. The average molecular weight is 367 g/mol. The third-order valence-electron chi connectivity index (χ3n) is 3.73. The Morgan fingerprint density at radius 2 is 1.85 bits per heavy atom. The Balaban J connectivity index is 1.71. The third-order valence-corrected chi connectivity index (χ3v) is 3.73. The Labute approximate surface area is 147 Å². The smallest absolute Gasteiger partial charge is 0.497 e. The van der Waals surface area contributed by atoms with Crippen molar-refractivity contribution < 1.29 is 27.4 Å². The summed E-state index contributed by atoms with van der Waals surface area (Å²) in [6.45, 7) is 1.01. The molecule has 2 aromatic carbocycles. The number of fused-ring (bicyclic) bond motifs is 1. The quantitative estimate of drug-likeness (QED) is 0.859. The summed E-state index contributed by atoms with van der Waals surface area (Å²) in [5, 5.41) is 5.85. The largest absolute Gasteiger partial charge is 0.573 e. The van der Waals surface area contributed by atoms with Gasteiger partial charge in [-0.15, -0.1) is 13.2 Å². The highest BCUT2D eigenvalue weighted by Gasteiger charge is 2.31. The van der Waals surface area contributed by atoms with Crippen LogP contribution < -0.4 is 25.0 Å². The number of hydrogen-bond donors (Lipinski definition) is 2. The van der Waals surface area contributed by atoms with Crippen LogP contribution >= 0.6 is 0 Å². The third kappa shape index (κ3) is 4.11. The topological polar surface area (TPSA) is 62.8 Å². The SMILES string of the molecule is COc1ccc2c(c1)NCCN2C(=O)Nc1ccc(OC(F)(F)F)cc1. The second-order valence-corrected chi connectivity index (χ2v) is 5.46. The molecule has 138 valence electrons. The van der Waals surface area contributed by atoms with Gasteiger partial charge in [0, 0.05) is 24.8 Å². The molecule has 0 aliphatic carbocycles. The number of halogens is 3. The van der Waals surface area contributed by atoms with Gasteiger partial charge in [-0.25, -0.2) is 4.79 Å². The van der Waals surface area contributed by atoms with Crippen LogP contribution in [-0.4, -0.2) is 32.6 Å². The van der Waals surface area contributed by atoms with Crippen molar-refractivity contribution in [1.82, 2.24) is 0 Å². The van der Waals surface area contributed by atoms with Gasteiger partial charge >= 0.3 is 12.4 Å². The fourth-order valence-corrected chi connectivity index (χ4v) is 2.58. The van der Waals surface area contributed by atoms with Crippen LogP contribution in [0.15, 0.2) is 42.5 Å². The van der Waals surface area contributed by atoms with Crippen molar-refractivity contribution in [3.63, 3.8) is 0 Å². The van der Waals surface area contributed by atoms with Gasteiger partial charge in [0.25, 0.3) is 0 Å². The average Bonchev–Trinajstić information content (AvgIpc) is 2.61. The molecule has 0 atom stereocenters. The predicted molar refractivity (Wildman–Crippen MR) is 91.0 cm³/mol. The zero-order valence-corrected chi connectivity index (χ0v) is 13.8. The molecular formula is C17H16F3N3O3. The summed E-state index contributed by atoms with van der Waals surface area (Å²) in [6.07, 6.45) is -4.75. The van der Waals surface area contributed by atoms with E-state index in [4.69, 9.17) is 4.74 Å². The van der Waals surface area contributed by atoms with E-state index in [1.165, 1.54) is 12.1 Å². The molecule has 3 rings (SSSR count). The number of benzene rings is 2. The van der Waals surface area contributed by atoms with Crippen molar-refractivity contribution in [2.45, 2.75) is 6.36 Å². The zero-order chi connectivity index (χ0) is 18.7. The van der Waals surface area contributed by atoms with Crippen LogP contribution in [0.25, 0.3) is 0 Å². The number of carbonyl (C=O) groups is 1. The van der Waals surface area contributed by atoms with Gasteiger partial charge in [-0.05, 0) is 36.4 Å². The standard InChI is InChI=1S/C17H16F3N3O3/c1-25-13-6-7-15-14(10-13)21-8-9-23(15)16(24)22-11-2-4-12(5-3-11)26-17(18,19)20/h2-7,10,21H,8-9H2,1H3,(H,22,24). The molecule has 1 aliphatic rings. The van der Waals surface area contributed by atoms with Gasteiger partial charge in [0.05, 0.1) is 18.5 Å². The first-order chi connectivity index (χ1) is 12.4. The number of anilines is 3. The molecule has 1 heterocycles. The lowest BCUT2D eigenvalue weighted by Crippen LogP contribution is -2.41. The summed E-state index contributed by atoms with van der Waals surface area (Å²) >= 11 is 0. The Kier molecular flexibility index (Phi) is 4.79. The van der Waals surface area contributed by atoms with Crippen molar-refractivity contribution in [3.8, 4) is 11.5 Å². The van der Waals surface area contributed by atoms with Gasteiger partial charge in [-0.3, -0.25) is 4.90 Å². The summed E-state index contributed by atoms with van der Waals surface area (Å²) in [7, 11) is 1.56. The summed E-state index contributed by atoms with van der Waals surface area (Å²) < 4.78 is 45.5. The lowest BCUT2D eigenvalue weighted by molar-refractivity contribution is -0.274. The van der Waals surface area contributed by atoms with Crippen LogP contribution in [0, 0.1) is 0 Å². The highest BCUT2D eigenvalue weighted by Crippen LogP contribution is 2.33. The fraction of sp³-hybridized carbons (Fsp3) is 0.235. The van der Waals surface area contributed by atoms with E-state index in [9.17, 15) is 18.0 Å². The molecule has 0 aromatic heterocycles. The Morgan fingerprint density at radius 3 is 2.50 bits per heavy atom. The minimum atomic E-state index is -4.75. The number of nitrogens with zero attached hydrogens (tertiary/aromatic N) is 1. The summed E-state index contributed by atoms with van der Waals surface area (Å²) in [5.74, 6) is 0.314. The van der Waals surface area contributed by atoms with Crippen LogP contribution in [0.5, 0.6) is 11.5 Å². The van der Waals surface area contributed by atoms with E-state index in [2.05, 4.69) is 15.4 Å². The first-order valence-electron chi connectivity index (χ1n) is 7.72. The molecule has 0 unspecified atom stereocenters. The van der Waals surface area contributed by atoms with E-state index >= 15 is 0 Å². The van der Waals surface area contributed by atoms with Crippen LogP contribution in [-0.2, 0) is 0 Å². The Bertz CT molecular complexity index is 794. The lowest BCUT2D eigenvalue weighted by atomic mass is 10.2. The molecule has 2 aromatic rings. The summed E-state index contributed by atoms with van der Waals surface area (Å²) in [4.78, 5) is 14.1. The number of urea groups is 1. The molecule has 2 N–H and O–H groups in total. The number of carbonyl (C=O) groups excluding carboxylic acids is 1. The molecule has 1 aliphatic heterocycles. The van der Waals surface area contributed by atoms with Crippen LogP contribution in [0.1, 0.15) is 0 Å². The van der Waals surface area contributed by atoms with Gasteiger partial charge in [-0.2, -0.15) is 0 Å². The van der Waals surface area contributed by atoms with Gasteiger partial charge in [-0.1, -0.05) is 0 Å². The van der Waals surface area contributed by atoms with Gasteiger partial charge in [0.15, 0.2) is 0 Å². The number of ether oxygens (including phenoxy) is 2. The van der Waals surface area contributed by atoms with Gasteiger partial charge < -0.3 is 20.1 Å². The highest BCUT2D eigenvalue weighted by molar-refractivity contribution is 6.04. The van der Waals surface area contributed by atoms with E-state index in [-0.39, 0.29) is 11.8 Å². The molecule has 0 bridgehead atoms. The molecule has 9 heteroatoms. The van der Waals surface area contributed by atoms with E-state index < -0.39 is 6.36 Å². The number of hydrogen-bond acceptors (Lipinski definition) is 4. The Hall–Kier alpha value is -3.10. The number of methoxy groups -OCH3 is 1. The molecule has 6 nitrogen and oxygen atoms in total. The molecule has 0 fully saturated rings. The van der Waals surface area contributed by atoms with Crippen LogP contribution in [0.2, 0.25) is 0 Å². The molecule has 0 radical (unpaired) electrons. The summed E-state index contributed by atoms with van der Waals surface area (Å²) in [5.41, 5.74) is 1.81. The van der Waals surface area contributed by atoms with E-state index in [1.807, 2.05) is 0 Å². The Morgan fingerprint density at radius 1 is 1.15 bits per heavy atom. The molecule has 0 saturated carbocycles. The van der Waals surface area contributed by atoms with Gasteiger partial charge in [0.2, 0.25) is 0 Å². The molecule has 2 amide bonds. The summed E-state index contributed by atoms with van der Waals surface area (Å²) in [6, 6.07) is 9.88. The molecule has 0 spiro atoms. The fourth-order valence-electron chi connectivity index (χ4n) is 2.58. The number of rotatable bonds is 3. The van der Waals surface area contributed by atoms with Gasteiger partial charge in [0.1, 0.15) is 11.5 Å². The predicted octanol–water partition coefficient (Wildman–Crippen LogP) is 4.06. The first kappa shape index (κ1) is 17.7. The zero-order valence-electron chi connectivity index (χ0n) is 13.8.